The van der Waals surface area contributed by atoms with Gasteiger partial charge in [0.15, 0.2) is 0 Å². The zero-order valence-corrected chi connectivity index (χ0v) is 21.0. The summed E-state index contributed by atoms with van der Waals surface area (Å²) in [7, 11) is -3.53. The number of amides is 2. The molecule has 34 heavy (non-hydrogen) atoms. The van der Waals surface area contributed by atoms with Gasteiger partial charge in [0.25, 0.3) is 0 Å². The van der Waals surface area contributed by atoms with Gasteiger partial charge in [0.05, 0.1) is 11.9 Å². The number of hydrogen-bond donors (Lipinski definition) is 1. The summed E-state index contributed by atoms with van der Waals surface area (Å²) in [6, 6.07) is 13.7. The fourth-order valence-electron chi connectivity index (χ4n) is 3.43. The molecule has 0 saturated carbocycles. The van der Waals surface area contributed by atoms with Crippen LogP contribution >= 0.6 is 0 Å². The average molecular weight is 492 g/mol. The van der Waals surface area contributed by atoms with Crippen LogP contribution in [-0.4, -0.2) is 50.0 Å². The maximum atomic E-state index is 13.3. The van der Waals surface area contributed by atoms with E-state index in [-0.39, 0.29) is 49.6 Å². The molecule has 0 aliphatic carbocycles. The minimum Gasteiger partial charge on any atom is -0.352 e. The van der Waals surface area contributed by atoms with Crippen molar-refractivity contribution in [2.75, 3.05) is 17.1 Å². The highest BCUT2D eigenvalue weighted by Crippen LogP contribution is 2.19. The Labute approximate surface area is 202 Å². The summed E-state index contributed by atoms with van der Waals surface area (Å²) < 4.78 is 39.2. The van der Waals surface area contributed by atoms with E-state index in [9.17, 15) is 22.4 Å². The normalized spacial score (nSPS) is 13.1. The Morgan fingerprint density at radius 1 is 1.03 bits per heavy atom. The Morgan fingerprint density at radius 3 is 2.21 bits per heavy atom. The van der Waals surface area contributed by atoms with E-state index < -0.39 is 16.1 Å². The molecule has 0 bridgehead atoms. The Hall–Kier alpha value is -2.94. The van der Waals surface area contributed by atoms with Gasteiger partial charge >= 0.3 is 0 Å². The fraction of sp³-hybridized carbons (Fsp3) is 0.440. The van der Waals surface area contributed by atoms with Crippen LogP contribution in [-0.2, 0) is 26.2 Å². The first-order valence-corrected chi connectivity index (χ1v) is 13.2. The number of carbonyl (C=O) groups excluding carboxylic acids is 2. The van der Waals surface area contributed by atoms with Crippen LogP contribution in [0.1, 0.15) is 45.6 Å². The molecule has 2 atom stereocenters. The van der Waals surface area contributed by atoms with Crippen molar-refractivity contribution in [2.45, 2.75) is 58.7 Å². The van der Waals surface area contributed by atoms with E-state index in [1.807, 2.05) is 13.8 Å². The summed E-state index contributed by atoms with van der Waals surface area (Å²) in [6.07, 6.45) is 2.22. The third kappa shape index (κ3) is 8.13. The molecule has 2 rings (SSSR count). The molecule has 0 aliphatic heterocycles. The molecule has 2 amide bonds. The van der Waals surface area contributed by atoms with Gasteiger partial charge in [-0.05, 0) is 56.5 Å². The average Bonchev–Trinajstić information content (AvgIpc) is 2.80. The van der Waals surface area contributed by atoms with Crippen LogP contribution in [0.5, 0.6) is 0 Å². The predicted octanol–water partition coefficient (Wildman–Crippen LogP) is 3.70. The van der Waals surface area contributed by atoms with Gasteiger partial charge in [-0.1, -0.05) is 37.3 Å². The molecule has 2 unspecified atom stereocenters. The minimum absolute atomic E-state index is 0.0353. The van der Waals surface area contributed by atoms with Crippen LogP contribution in [0, 0.1) is 5.82 Å². The summed E-state index contributed by atoms with van der Waals surface area (Å²) in [6.45, 7) is 5.78. The van der Waals surface area contributed by atoms with E-state index >= 15 is 0 Å². The van der Waals surface area contributed by atoms with Crippen molar-refractivity contribution in [3.63, 3.8) is 0 Å². The van der Waals surface area contributed by atoms with Gasteiger partial charge in [0.1, 0.15) is 11.9 Å². The number of hydrogen-bond acceptors (Lipinski definition) is 4. The first-order chi connectivity index (χ1) is 16.0. The lowest BCUT2D eigenvalue weighted by molar-refractivity contribution is -0.140. The number of rotatable bonds is 12. The summed E-state index contributed by atoms with van der Waals surface area (Å²) in [5.74, 6) is -0.935. The SMILES string of the molecule is CCC(C)NC(=O)C(C)N(Cc1ccc(F)cc1)C(=O)CCCN(c1ccccc1)S(C)(=O)=O. The lowest BCUT2D eigenvalue weighted by Gasteiger charge is -2.30. The largest absolute Gasteiger partial charge is 0.352 e. The van der Waals surface area contributed by atoms with Crippen molar-refractivity contribution in [1.29, 1.82) is 0 Å². The van der Waals surface area contributed by atoms with Crippen LogP contribution in [0.4, 0.5) is 10.1 Å². The third-order valence-electron chi connectivity index (χ3n) is 5.63. The standard InChI is InChI=1S/C25H34FN3O4S/c1-5-19(2)27-25(31)20(3)28(18-21-13-15-22(26)16-14-21)24(30)12-9-17-29(34(4,32)33)23-10-7-6-8-11-23/h6-8,10-11,13-16,19-20H,5,9,12,17-18H2,1-4H3,(H,27,31). The number of nitrogens with one attached hydrogen (secondary N) is 1. The lowest BCUT2D eigenvalue weighted by Crippen LogP contribution is -2.49. The highest BCUT2D eigenvalue weighted by Gasteiger charge is 2.27. The van der Waals surface area contributed by atoms with Crippen LogP contribution in [0.3, 0.4) is 0 Å². The number of sulfonamides is 1. The molecule has 9 heteroatoms. The quantitative estimate of drug-likeness (QED) is 0.491. The number of para-hydroxylation sites is 1. The van der Waals surface area contributed by atoms with Gasteiger partial charge in [-0.25, -0.2) is 12.8 Å². The van der Waals surface area contributed by atoms with E-state index in [1.54, 1.807) is 49.4 Å². The van der Waals surface area contributed by atoms with Gasteiger partial charge in [-0.15, -0.1) is 0 Å². The highest BCUT2D eigenvalue weighted by atomic mass is 32.2. The molecule has 0 saturated heterocycles. The molecule has 0 heterocycles. The fourth-order valence-corrected chi connectivity index (χ4v) is 4.40. The lowest BCUT2D eigenvalue weighted by atomic mass is 10.1. The van der Waals surface area contributed by atoms with Crippen molar-refractivity contribution in [1.82, 2.24) is 10.2 Å². The number of benzene rings is 2. The zero-order chi connectivity index (χ0) is 25.3. The maximum absolute atomic E-state index is 13.3. The summed E-state index contributed by atoms with van der Waals surface area (Å²) in [4.78, 5) is 27.4. The second-order valence-corrected chi connectivity index (χ2v) is 10.3. The number of anilines is 1. The maximum Gasteiger partial charge on any atom is 0.242 e. The van der Waals surface area contributed by atoms with Gasteiger partial charge in [0, 0.05) is 25.6 Å². The van der Waals surface area contributed by atoms with Crippen molar-refractivity contribution in [2.24, 2.45) is 0 Å². The molecule has 0 aliphatic rings. The molecular weight excluding hydrogens is 457 g/mol. The van der Waals surface area contributed by atoms with Gasteiger partial charge in [0.2, 0.25) is 21.8 Å². The third-order valence-corrected chi connectivity index (χ3v) is 6.82. The predicted molar refractivity (Wildman–Crippen MR) is 132 cm³/mol. The van der Waals surface area contributed by atoms with Gasteiger partial charge < -0.3 is 10.2 Å². The second kappa shape index (κ2) is 12.5. The Kier molecular flexibility index (Phi) is 10.0. The van der Waals surface area contributed by atoms with Crippen molar-refractivity contribution in [3.8, 4) is 0 Å². The molecule has 2 aromatic rings. The molecule has 1 N–H and O–H groups in total. The summed E-state index contributed by atoms with van der Waals surface area (Å²) in [5, 5.41) is 2.89. The van der Waals surface area contributed by atoms with Gasteiger partial charge in [-0.3, -0.25) is 13.9 Å². The minimum atomic E-state index is -3.53. The van der Waals surface area contributed by atoms with E-state index in [2.05, 4.69) is 5.32 Å². The molecular formula is C25H34FN3O4S. The smallest absolute Gasteiger partial charge is 0.242 e. The topological polar surface area (TPSA) is 86.8 Å². The molecule has 186 valence electrons. The van der Waals surface area contributed by atoms with E-state index in [1.165, 1.54) is 21.3 Å². The Bertz CT molecular complexity index is 1050. The van der Waals surface area contributed by atoms with Gasteiger partial charge in [-0.2, -0.15) is 0 Å². The molecule has 0 radical (unpaired) electrons. The molecule has 0 spiro atoms. The molecule has 7 nitrogen and oxygen atoms in total. The van der Waals surface area contributed by atoms with Crippen LogP contribution in [0.15, 0.2) is 54.6 Å². The number of halogens is 1. The monoisotopic (exact) mass is 491 g/mol. The van der Waals surface area contributed by atoms with E-state index in [4.69, 9.17) is 0 Å². The van der Waals surface area contributed by atoms with Crippen molar-refractivity contribution >= 4 is 27.5 Å². The highest BCUT2D eigenvalue weighted by molar-refractivity contribution is 7.92. The Balaban J connectivity index is 2.14. The first kappa shape index (κ1) is 27.3. The Morgan fingerprint density at radius 2 is 1.65 bits per heavy atom. The second-order valence-electron chi connectivity index (χ2n) is 8.42. The zero-order valence-electron chi connectivity index (χ0n) is 20.2. The van der Waals surface area contributed by atoms with E-state index in [0.717, 1.165) is 12.7 Å². The number of nitrogens with zero attached hydrogens (tertiary/aromatic N) is 2. The van der Waals surface area contributed by atoms with Crippen molar-refractivity contribution < 1.29 is 22.4 Å². The number of carbonyl (C=O) groups is 2. The van der Waals surface area contributed by atoms with Crippen LogP contribution in [0.25, 0.3) is 0 Å². The van der Waals surface area contributed by atoms with Crippen LogP contribution in [0.2, 0.25) is 0 Å². The molecule has 0 aromatic heterocycles. The van der Waals surface area contributed by atoms with Crippen LogP contribution < -0.4 is 9.62 Å². The van der Waals surface area contributed by atoms with E-state index in [0.29, 0.717) is 11.3 Å². The summed E-state index contributed by atoms with van der Waals surface area (Å²) in [5.41, 5.74) is 1.22. The first-order valence-electron chi connectivity index (χ1n) is 11.4. The summed E-state index contributed by atoms with van der Waals surface area (Å²) >= 11 is 0. The molecule has 2 aromatic carbocycles. The van der Waals surface area contributed by atoms with Crippen molar-refractivity contribution in [3.05, 3.63) is 66.0 Å². The molecule has 0 fully saturated rings.